The van der Waals surface area contributed by atoms with Gasteiger partial charge in [0.15, 0.2) is 6.10 Å². The van der Waals surface area contributed by atoms with E-state index in [4.69, 9.17) is 4.74 Å². The molecule has 0 saturated heterocycles. The molecular formula is C18H20O3. The van der Waals surface area contributed by atoms with Crippen LogP contribution in [0.25, 0.3) is 0 Å². The van der Waals surface area contributed by atoms with E-state index < -0.39 is 12.3 Å². The molecule has 2 atom stereocenters. The van der Waals surface area contributed by atoms with Gasteiger partial charge in [-0.05, 0) is 18.6 Å². The van der Waals surface area contributed by atoms with Gasteiger partial charge in [-0.25, -0.2) is 4.79 Å². The van der Waals surface area contributed by atoms with Crippen molar-refractivity contribution in [3.8, 4) is 11.8 Å². The molecule has 0 aliphatic rings. The molecular weight excluding hydrogens is 264 g/mol. The van der Waals surface area contributed by atoms with Crippen LogP contribution in [0.2, 0.25) is 0 Å². The molecule has 0 bridgehead atoms. The number of carbonyl (C=O) groups excluding carboxylic acids is 1. The molecule has 21 heavy (non-hydrogen) atoms. The van der Waals surface area contributed by atoms with Crippen molar-refractivity contribution in [3.05, 3.63) is 60.7 Å². The third-order valence-corrected chi connectivity index (χ3v) is 2.88. The van der Waals surface area contributed by atoms with Crippen molar-refractivity contribution in [1.29, 1.82) is 0 Å². The molecule has 0 aliphatic heterocycles. The summed E-state index contributed by atoms with van der Waals surface area (Å²) in [6, 6.07) is 9.92. The summed E-state index contributed by atoms with van der Waals surface area (Å²) in [6.07, 6.45) is 4.62. The van der Waals surface area contributed by atoms with Crippen LogP contribution in [-0.2, 0) is 9.47 Å². The van der Waals surface area contributed by atoms with Gasteiger partial charge in [0.05, 0.1) is 7.11 Å². The molecule has 3 nitrogen and oxygen atoms in total. The number of allylic oxidation sites excluding steroid dienone is 3. The molecule has 0 N–H and O–H groups in total. The number of ether oxygens (including phenoxy) is 2. The molecule has 2 unspecified atom stereocenters. The van der Waals surface area contributed by atoms with Crippen LogP contribution in [0.5, 0.6) is 0 Å². The minimum atomic E-state index is -0.731. The predicted octanol–water partition coefficient (Wildman–Crippen LogP) is 4.08. The van der Waals surface area contributed by atoms with Gasteiger partial charge in [-0.1, -0.05) is 54.3 Å². The van der Waals surface area contributed by atoms with E-state index in [2.05, 4.69) is 23.2 Å². The maximum absolute atomic E-state index is 11.3. The Labute approximate surface area is 126 Å². The zero-order valence-electron chi connectivity index (χ0n) is 12.4. The molecule has 0 radical (unpaired) electrons. The number of benzene rings is 1. The quantitative estimate of drug-likeness (QED) is 0.464. The molecule has 1 aromatic carbocycles. The van der Waals surface area contributed by atoms with Crippen molar-refractivity contribution in [1.82, 2.24) is 0 Å². The highest BCUT2D eigenvalue weighted by atomic mass is 16.7. The van der Waals surface area contributed by atoms with Crippen LogP contribution in [0.1, 0.15) is 24.8 Å². The first kappa shape index (κ1) is 16.6. The lowest BCUT2D eigenvalue weighted by Gasteiger charge is -2.17. The topological polar surface area (TPSA) is 35.5 Å². The van der Waals surface area contributed by atoms with Gasteiger partial charge in [0.25, 0.3) is 0 Å². The van der Waals surface area contributed by atoms with E-state index in [1.54, 1.807) is 6.08 Å². The van der Waals surface area contributed by atoms with Crippen molar-refractivity contribution in [2.75, 3.05) is 7.11 Å². The molecule has 0 amide bonds. The van der Waals surface area contributed by atoms with Crippen molar-refractivity contribution in [3.63, 3.8) is 0 Å². The lowest BCUT2D eigenvalue weighted by Crippen LogP contribution is -2.19. The van der Waals surface area contributed by atoms with E-state index in [-0.39, 0.29) is 5.92 Å². The first-order valence-corrected chi connectivity index (χ1v) is 6.75. The standard InChI is InChI=1S/C18H20O3/c1-4-6-8-13-17(21-18(19)20-3)14-15(5-2)16-11-9-7-10-12-16/h4-7,9-12,15,17H,2,14H2,1,3H3. The first-order chi connectivity index (χ1) is 10.2. The number of rotatable bonds is 5. The summed E-state index contributed by atoms with van der Waals surface area (Å²) in [6.45, 7) is 5.73. The zero-order chi connectivity index (χ0) is 15.5. The van der Waals surface area contributed by atoms with Gasteiger partial charge in [-0.15, -0.1) is 6.58 Å². The van der Waals surface area contributed by atoms with Crippen molar-refractivity contribution in [2.24, 2.45) is 0 Å². The highest BCUT2D eigenvalue weighted by Crippen LogP contribution is 2.23. The van der Waals surface area contributed by atoms with E-state index in [0.29, 0.717) is 6.42 Å². The summed E-state index contributed by atoms with van der Waals surface area (Å²) < 4.78 is 9.72. The van der Waals surface area contributed by atoms with Crippen LogP contribution >= 0.6 is 0 Å². The summed E-state index contributed by atoms with van der Waals surface area (Å²) in [5.41, 5.74) is 1.11. The second-order valence-electron chi connectivity index (χ2n) is 4.34. The van der Waals surface area contributed by atoms with Gasteiger partial charge in [-0.3, -0.25) is 0 Å². The van der Waals surface area contributed by atoms with Gasteiger partial charge < -0.3 is 9.47 Å². The minimum Gasteiger partial charge on any atom is -0.438 e. The normalized spacial score (nSPS) is 12.9. The van der Waals surface area contributed by atoms with Crippen LogP contribution < -0.4 is 0 Å². The van der Waals surface area contributed by atoms with Crippen molar-refractivity contribution in [2.45, 2.75) is 25.4 Å². The fourth-order valence-electron chi connectivity index (χ4n) is 1.82. The van der Waals surface area contributed by atoms with E-state index in [9.17, 15) is 4.79 Å². The third kappa shape index (κ3) is 6.01. The lowest BCUT2D eigenvalue weighted by atomic mass is 9.93. The van der Waals surface area contributed by atoms with Crippen molar-refractivity contribution < 1.29 is 14.3 Å². The Hall–Kier alpha value is -2.47. The monoisotopic (exact) mass is 284 g/mol. The molecule has 1 rings (SSSR count). The van der Waals surface area contributed by atoms with Gasteiger partial charge >= 0.3 is 6.16 Å². The summed E-state index contributed by atoms with van der Waals surface area (Å²) in [7, 11) is 1.28. The molecule has 0 saturated carbocycles. The van der Waals surface area contributed by atoms with E-state index in [0.717, 1.165) is 5.56 Å². The van der Waals surface area contributed by atoms with Gasteiger partial charge in [0, 0.05) is 12.3 Å². The number of hydrogen-bond donors (Lipinski definition) is 0. The summed E-state index contributed by atoms with van der Waals surface area (Å²) >= 11 is 0. The number of carbonyl (C=O) groups is 1. The summed E-state index contributed by atoms with van der Waals surface area (Å²) in [5.74, 6) is 5.82. The molecule has 3 heteroatoms. The van der Waals surface area contributed by atoms with Crippen LogP contribution in [-0.4, -0.2) is 19.4 Å². The van der Waals surface area contributed by atoms with Gasteiger partial charge in [0.1, 0.15) is 0 Å². The lowest BCUT2D eigenvalue weighted by molar-refractivity contribution is 0.0519. The van der Waals surface area contributed by atoms with Crippen LogP contribution in [0, 0.1) is 11.8 Å². The van der Waals surface area contributed by atoms with Crippen LogP contribution in [0.3, 0.4) is 0 Å². The molecule has 0 heterocycles. The highest BCUT2D eigenvalue weighted by Gasteiger charge is 2.18. The summed E-state index contributed by atoms with van der Waals surface area (Å²) in [4.78, 5) is 11.3. The minimum absolute atomic E-state index is 0.0563. The Morgan fingerprint density at radius 2 is 2.10 bits per heavy atom. The predicted molar refractivity (Wildman–Crippen MR) is 83.9 cm³/mol. The maximum atomic E-state index is 11.3. The molecule has 0 fully saturated rings. The summed E-state index contributed by atoms with van der Waals surface area (Å²) in [5, 5.41) is 0. The molecule has 0 spiro atoms. The Morgan fingerprint density at radius 1 is 1.38 bits per heavy atom. The SMILES string of the molecule is C=CC(CC(C#CC=CC)OC(=O)OC)c1ccccc1. The molecule has 110 valence electrons. The average Bonchev–Trinajstić information content (AvgIpc) is 2.53. The van der Waals surface area contributed by atoms with Gasteiger partial charge in [-0.2, -0.15) is 0 Å². The molecule has 1 aromatic rings. The van der Waals surface area contributed by atoms with Crippen LogP contribution in [0.4, 0.5) is 4.79 Å². The highest BCUT2D eigenvalue weighted by molar-refractivity contribution is 5.60. The first-order valence-electron chi connectivity index (χ1n) is 6.75. The van der Waals surface area contributed by atoms with Crippen LogP contribution in [0.15, 0.2) is 55.1 Å². The molecule has 0 aromatic heterocycles. The van der Waals surface area contributed by atoms with E-state index in [1.807, 2.05) is 49.4 Å². The Kier molecular flexibility index (Phi) is 7.45. The third-order valence-electron chi connectivity index (χ3n) is 2.88. The zero-order valence-corrected chi connectivity index (χ0v) is 12.4. The van der Waals surface area contributed by atoms with E-state index in [1.165, 1.54) is 7.11 Å². The smallest absolute Gasteiger partial charge is 0.438 e. The Bertz CT molecular complexity index is 535. The fraction of sp³-hybridized carbons (Fsp3) is 0.278. The average molecular weight is 284 g/mol. The Morgan fingerprint density at radius 3 is 2.67 bits per heavy atom. The number of methoxy groups -OCH3 is 1. The maximum Gasteiger partial charge on any atom is 0.509 e. The second kappa shape index (κ2) is 9.44. The fourth-order valence-corrected chi connectivity index (χ4v) is 1.82. The van der Waals surface area contributed by atoms with Gasteiger partial charge in [0.2, 0.25) is 0 Å². The number of hydrogen-bond acceptors (Lipinski definition) is 3. The molecule has 0 aliphatic carbocycles. The Balaban J connectivity index is 2.85. The largest absolute Gasteiger partial charge is 0.509 e. The van der Waals surface area contributed by atoms with Crippen molar-refractivity contribution >= 4 is 6.16 Å². The van der Waals surface area contributed by atoms with E-state index >= 15 is 0 Å². The second-order valence-corrected chi connectivity index (χ2v) is 4.34.